The molecular weight excluding hydrogens is 256 g/mol. The molecule has 0 heterocycles. The Kier molecular flexibility index (Phi) is 4.96. The molecule has 0 atom stereocenters. The minimum Gasteiger partial charge on any atom is -0.462 e. The highest BCUT2D eigenvalue weighted by Crippen LogP contribution is 2.32. The summed E-state index contributed by atoms with van der Waals surface area (Å²) in [4.78, 5) is 22.7. The Labute approximate surface area is 109 Å². The number of carbonyl (C=O) groups excluding carboxylic acids is 1. The van der Waals surface area contributed by atoms with Gasteiger partial charge in [-0.25, -0.2) is 4.79 Å². The lowest BCUT2D eigenvalue weighted by atomic mass is 10.1. The van der Waals surface area contributed by atoms with Gasteiger partial charge in [-0.3, -0.25) is 10.1 Å². The lowest BCUT2D eigenvalue weighted by Crippen LogP contribution is -2.10. The fourth-order valence-corrected chi connectivity index (χ4v) is 2.19. The van der Waals surface area contributed by atoms with Gasteiger partial charge < -0.3 is 10.5 Å². The van der Waals surface area contributed by atoms with Gasteiger partial charge in [0.25, 0.3) is 0 Å². The minimum atomic E-state index is -0.727. The lowest BCUT2D eigenvalue weighted by molar-refractivity contribution is -0.384. The zero-order chi connectivity index (χ0) is 13.7. The number of thioether (sulfide) groups is 1. The number of rotatable bonds is 5. The van der Waals surface area contributed by atoms with Crippen LogP contribution in [0.25, 0.3) is 0 Å². The molecule has 1 rings (SSSR count). The molecule has 2 N–H and O–H groups in total. The molecule has 98 valence electrons. The quantitative estimate of drug-likeness (QED) is 0.290. The highest BCUT2D eigenvalue weighted by Gasteiger charge is 2.25. The van der Waals surface area contributed by atoms with Gasteiger partial charge in [-0.2, -0.15) is 0 Å². The molecule has 0 aliphatic rings. The zero-order valence-electron chi connectivity index (χ0n) is 10.1. The molecule has 0 aliphatic carbocycles. The first-order valence-electron chi connectivity index (χ1n) is 5.39. The van der Waals surface area contributed by atoms with Gasteiger partial charge >= 0.3 is 11.7 Å². The number of anilines is 1. The van der Waals surface area contributed by atoms with Crippen LogP contribution < -0.4 is 5.73 Å². The maximum atomic E-state index is 11.7. The molecule has 18 heavy (non-hydrogen) atoms. The highest BCUT2D eigenvalue weighted by atomic mass is 32.2. The molecule has 1 aromatic rings. The number of nitro groups is 1. The van der Waals surface area contributed by atoms with Crippen LogP contribution in [0.3, 0.4) is 0 Å². The molecular formula is C11H14N2O4S. The van der Waals surface area contributed by atoms with Crippen LogP contribution in [0.15, 0.2) is 17.0 Å². The summed E-state index contributed by atoms with van der Waals surface area (Å²) >= 11 is 1.45. The van der Waals surface area contributed by atoms with Crippen LogP contribution in [0.4, 0.5) is 11.4 Å². The Morgan fingerprint density at radius 2 is 2.17 bits per heavy atom. The number of nitro benzene ring substituents is 1. The van der Waals surface area contributed by atoms with Crippen molar-refractivity contribution in [3.8, 4) is 0 Å². The molecule has 0 fully saturated rings. The van der Waals surface area contributed by atoms with Crippen molar-refractivity contribution >= 4 is 29.1 Å². The van der Waals surface area contributed by atoms with Gasteiger partial charge in [0.1, 0.15) is 11.3 Å². The molecule has 0 radical (unpaired) electrons. The summed E-state index contributed by atoms with van der Waals surface area (Å²) in [7, 11) is 0. The Bertz CT molecular complexity index is 476. The number of ether oxygens (including phenoxy) is 1. The van der Waals surface area contributed by atoms with Crippen molar-refractivity contribution in [2.24, 2.45) is 0 Å². The number of carbonyl (C=O) groups is 1. The van der Waals surface area contributed by atoms with E-state index in [1.54, 1.807) is 6.92 Å². The number of hydrogen-bond acceptors (Lipinski definition) is 6. The number of nitrogens with zero attached hydrogens (tertiary/aromatic N) is 1. The third-order valence-electron chi connectivity index (χ3n) is 2.10. The van der Waals surface area contributed by atoms with E-state index in [9.17, 15) is 14.9 Å². The summed E-state index contributed by atoms with van der Waals surface area (Å²) in [6, 6.07) is 2.94. The predicted octanol–water partition coefficient (Wildman–Crippen LogP) is 2.47. The molecule has 0 bridgehead atoms. The van der Waals surface area contributed by atoms with E-state index in [0.29, 0.717) is 4.90 Å². The van der Waals surface area contributed by atoms with Gasteiger partial charge in [-0.05, 0) is 24.8 Å². The van der Waals surface area contributed by atoms with Crippen molar-refractivity contribution in [2.75, 3.05) is 18.1 Å². The van der Waals surface area contributed by atoms with Gasteiger partial charge in [0, 0.05) is 4.90 Å². The van der Waals surface area contributed by atoms with Gasteiger partial charge in [0.05, 0.1) is 11.5 Å². The highest BCUT2D eigenvalue weighted by molar-refractivity contribution is 7.99. The first kappa shape index (κ1) is 14.3. The first-order valence-corrected chi connectivity index (χ1v) is 6.37. The van der Waals surface area contributed by atoms with E-state index >= 15 is 0 Å². The van der Waals surface area contributed by atoms with E-state index in [-0.39, 0.29) is 17.9 Å². The molecule has 0 saturated carbocycles. The second-order valence-electron chi connectivity index (χ2n) is 3.32. The van der Waals surface area contributed by atoms with E-state index in [2.05, 4.69) is 0 Å². The van der Waals surface area contributed by atoms with Crippen LogP contribution >= 0.6 is 11.8 Å². The predicted molar refractivity (Wildman–Crippen MR) is 69.9 cm³/mol. The van der Waals surface area contributed by atoms with Gasteiger partial charge in [-0.15, -0.1) is 11.8 Å². The van der Waals surface area contributed by atoms with E-state index in [1.807, 2.05) is 6.92 Å². The van der Waals surface area contributed by atoms with E-state index < -0.39 is 16.6 Å². The SMILES string of the molecule is CCOC(=O)c1cc(SCC)cc(N)c1[N+](=O)[O-]. The topological polar surface area (TPSA) is 95.5 Å². The van der Waals surface area contributed by atoms with Crippen LogP contribution in [0.2, 0.25) is 0 Å². The average molecular weight is 270 g/mol. The van der Waals surface area contributed by atoms with Crippen molar-refractivity contribution in [2.45, 2.75) is 18.7 Å². The summed E-state index contributed by atoms with van der Waals surface area (Å²) in [6.07, 6.45) is 0. The number of nitrogens with two attached hydrogens (primary N) is 1. The van der Waals surface area contributed by atoms with Crippen LogP contribution in [0, 0.1) is 10.1 Å². The summed E-state index contributed by atoms with van der Waals surface area (Å²) in [5, 5.41) is 10.9. The van der Waals surface area contributed by atoms with Gasteiger partial charge in [0.2, 0.25) is 0 Å². The fourth-order valence-electron chi connectivity index (χ4n) is 1.45. The van der Waals surface area contributed by atoms with E-state index in [0.717, 1.165) is 5.75 Å². The third kappa shape index (κ3) is 3.13. The Hall–Kier alpha value is -1.76. The van der Waals surface area contributed by atoms with Crippen molar-refractivity contribution in [1.82, 2.24) is 0 Å². The first-order chi connectivity index (χ1) is 8.51. The summed E-state index contributed by atoms with van der Waals surface area (Å²) in [6.45, 7) is 3.73. The molecule has 0 aromatic heterocycles. The molecule has 0 saturated heterocycles. The van der Waals surface area contributed by atoms with Gasteiger partial charge in [0.15, 0.2) is 0 Å². The van der Waals surface area contributed by atoms with E-state index in [4.69, 9.17) is 10.5 Å². The number of hydrogen-bond donors (Lipinski definition) is 1. The third-order valence-corrected chi connectivity index (χ3v) is 2.96. The summed E-state index contributed by atoms with van der Waals surface area (Å²) in [5.41, 5.74) is 5.10. The molecule has 0 amide bonds. The van der Waals surface area contributed by atoms with Gasteiger partial charge in [-0.1, -0.05) is 6.92 Å². The van der Waals surface area contributed by atoms with Crippen molar-refractivity contribution in [1.29, 1.82) is 0 Å². The largest absolute Gasteiger partial charge is 0.462 e. The Morgan fingerprint density at radius 1 is 1.50 bits per heavy atom. The van der Waals surface area contributed by atoms with Crippen LogP contribution in [-0.2, 0) is 4.74 Å². The number of nitrogen functional groups attached to an aromatic ring is 1. The number of benzene rings is 1. The molecule has 0 aliphatic heterocycles. The lowest BCUT2D eigenvalue weighted by Gasteiger charge is -2.07. The summed E-state index contributed by atoms with van der Waals surface area (Å²) < 4.78 is 4.80. The Balaban J connectivity index is 3.32. The monoisotopic (exact) mass is 270 g/mol. The number of esters is 1. The molecule has 1 aromatic carbocycles. The van der Waals surface area contributed by atoms with Crippen LogP contribution in [0.5, 0.6) is 0 Å². The second kappa shape index (κ2) is 6.25. The van der Waals surface area contributed by atoms with Crippen molar-refractivity contribution in [3.05, 3.63) is 27.8 Å². The Morgan fingerprint density at radius 3 is 2.67 bits per heavy atom. The van der Waals surface area contributed by atoms with Crippen molar-refractivity contribution in [3.63, 3.8) is 0 Å². The molecule has 6 nitrogen and oxygen atoms in total. The van der Waals surface area contributed by atoms with E-state index in [1.165, 1.54) is 23.9 Å². The maximum absolute atomic E-state index is 11.7. The fraction of sp³-hybridized carbons (Fsp3) is 0.364. The second-order valence-corrected chi connectivity index (χ2v) is 4.66. The maximum Gasteiger partial charge on any atom is 0.345 e. The zero-order valence-corrected chi connectivity index (χ0v) is 11.0. The van der Waals surface area contributed by atoms with Crippen LogP contribution in [-0.4, -0.2) is 23.3 Å². The smallest absolute Gasteiger partial charge is 0.345 e. The average Bonchev–Trinajstić information content (AvgIpc) is 2.28. The minimum absolute atomic E-state index is 0.0264. The molecule has 0 spiro atoms. The summed E-state index contributed by atoms with van der Waals surface area (Å²) in [5.74, 6) is 0.0499. The molecule has 0 unspecified atom stereocenters. The standard InChI is InChI=1S/C11H14N2O4S/c1-3-17-11(14)8-5-7(18-4-2)6-9(12)10(8)13(15)16/h5-6H,3-4,12H2,1-2H3. The van der Waals surface area contributed by atoms with Crippen LogP contribution in [0.1, 0.15) is 24.2 Å². The normalized spacial score (nSPS) is 10.1. The molecule has 7 heteroatoms. The van der Waals surface area contributed by atoms with Crippen molar-refractivity contribution < 1.29 is 14.5 Å².